The van der Waals surface area contributed by atoms with Gasteiger partial charge in [-0.1, -0.05) is 28.1 Å². The number of hydrogen-bond acceptors (Lipinski definition) is 2. The highest BCUT2D eigenvalue weighted by molar-refractivity contribution is 9.10. The summed E-state index contributed by atoms with van der Waals surface area (Å²) in [7, 11) is 0. The van der Waals surface area contributed by atoms with Crippen molar-refractivity contribution >= 4 is 21.8 Å². The van der Waals surface area contributed by atoms with Crippen molar-refractivity contribution in [1.82, 2.24) is 5.32 Å². The second-order valence-corrected chi connectivity index (χ2v) is 4.52. The smallest absolute Gasteiger partial charge is 0.233 e. The summed E-state index contributed by atoms with van der Waals surface area (Å²) in [6.45, 7) is 2.21. The van der Waals surface area contributed by atoms with Crippen molar-refractivity contribution < 1.29 is 4.79 Å². The molecule has 3 nitrogen and oxygen atoms in total. The summed E-state index contributed by atoms with van der Waals surface area (Å²) in [4.78, 5) is 11.1. The number of nitriles is 1. The number of carbonyl (C=O) groups excluding carboxylic acids is 1. The van der Waals surface area contributed by atoms with Gasteiger partial charge in [-0.3, -0.25) is 4.79 Å². The van der Waals surface area contributed by atoms with Gasteiger partial charge in [0.2, 0.25) is 5.91 Å². The quantitative estimate of drug-likeness (QED) is 0.851. The Hall–Kier alpha value is -1.34. The number of nitrogens with zero attached hydrogens (tertiary/aromatic N) is 1. The lowest BCUT2D eigenvalue weighted by atomic mass is 10.1. The van der Waals surface area contributed by atoms with Gasteiger partial charge in [0.05, 0.1) is 16.5 Å². The molecule has 0 saturated carbocycles. The fourth-order valence-corrected chi connectivity index (χ4v) is 1.24. The number of carbonyl (C=O) groups is 1. The van der Waals surface area contributed by atoms with Gasteiger partial charge >= 0.3 is 0 Å². The lowest BCUT2D eigenvalue weighted by Gasteiger charge is -2.06. The molecule has 0 radical (unpaired) electrons. The van der Waals surface area contributed by atoms with Crippen molar-refractivity contribution in [1.29, 1.82) is 5.26 Å². The number of amides is 1. The Balaban J connectivity index is 2.59. The lowest BCUT2D eigenvalue weighted by molar-refractivity contribution is -0.120. The van der Waals surface area contributed by atoms with Crippen LogP contribution in [0.1, 0.15) is 18.1 Å². The van der Waals surface area contributed by atoms with Gasteiger partial charge in [-0.15, -0.1) is 0 Å². The number of alkyl halides is 1. The van der Waals surface area contributed by atoms with Crippen LogP contribution in [0.2, 0.25) is 0 Å². The molecule has 1 atom stereocenters. The van der Waals surface area contributed by atoms with Crippen molar-refractivity contribution in [2.45, 2.75) is 18.3 Å². The highest BCUT2D eigenvalue weighted by Gasteiger charge is 2.07. The molecule has 0 spiro atoms. The minimum atomic E-state index is -0.198. The van der Waals surface area contributed by atoms with Crippen molar-refractivity contribution in [3.8, 4) is 6.07 Å². The van der Waals surface area contributed by atoms with E-state index in [0.29, 0.717) is 12.1 Å². The molecule has 0 heterocycles. The van der Waals surface area contributed by atoms with E-state index in [2.05, 4.69) is 27.3 Å². The van der Waals surface area contributed by atoms with E-state index in [1.165, 1.54) is 0 Å². The first-order valence-corrected chi connectivity index (χ1v) is 5.46. The molecule has 0 bridgehead atoms. The number of halogens is 1. The molecular weight excluding hydrogens is 256 g/mol. The molecule has 0 fully saturated rings. The van der Waals surface area contributed by atoms with Crippen LogP contribution in [0.4, 0.5) is 0 Å². The second-order valence-electron chi connectivity index (χ2n) is 3.15. The van der Waals surface area contributed by atoms with Crippen LogP contribution in [0.5, 0.6) is 0 Å². The Morgan fingerprint density at radius 1 is 1.67 bits per heavy atom. The van der Waals surface area contributed by atoms with Crippen LogP contribution in [-0.2, 0) is 11.3 Å². The van der Waals surface area contributed by atoms with Crippen molar-refractivity contribution in [2.24, 2.45) is 0 Å². The second kappa shape index (κ2) is 5.52. The minimum Gasteiger partial charge on any atom is -0.351 e. The van der Waals surface area contributed by atoms with Gasteiger partial charge in [-0.2, -0.15) is 5.26 Å². The number of nitrogens with one attached hydrogen (secondary N) is 1. The monoisotopic (exact) mass is 266 g/mol. The molecule has 0 saturated heterocycles. The number of benzene rings is 1. The summed E-state index contributed by atoms with van der Waals surface area (Å²) < 4.78 is 0. The van der Waals surface area contributed by atoms with Crippen LogP contribution in [0.25, 0.3) is 0 Å². The number of rotatable bonds is 3. The lowest BCUT2D eigenvalue weighted by Crippen LogP contribution is -2.28. The maximum atomic E-state index is 11.2. The fourth-order valence-electron chi connectivity index (χ4n) is 1.08. The zero-order valence-electron chi connectivity index (χ0n) is 8.33. The summed E-state index contributed by atoms with van der Waals surface area (Å²) in [5.74, 6) is -0.0580. The van der Waals surface area contributed by atoms with Gasteiger partial charge in [-0.05, 0) is 24.6 Å². The predicted molar refractivity (Wildman–Crippen MR) is 61.4 cm³/mol. The molecule has 1 amide bonds. The fraction of sp³-hybridized carbons (Fsp3) is 0.273. The maximum absolute atomic E-state index is 11.2. The largest absolute Gasteiger partial charge is 0.351 e. The highest BCUT2D eigenvalue weighted by Crippen LogP contribution is 2.04. The molecule has 0 aliphatic carbocycles. The van der Waals surface area contributed by atoms with Gasteiger partial charge in [0, 0.05) is 6.54 Å². The van der Waals surface area contributed by atoms with E-state index in [4.69, 9.17) is 5.26 Å². The molecule has 0 aliphatic heterocycles. The van der Waals surface area contributed by atoms with Gasteiger partial charge in [0.15, 0.2) is 0 Å². The normalized spacial score (nSPS) is 11.5. The highest BCUT2D eigenvalue weighted by atomic mass is 79.9. The van der Waals surface area contributed by atoms with E-state index >= 15 is 0 Å². The van der Waals surface area contributed by atoms with Crippen LogP contribution in [0.3, 0.4) is 0 Å². The molecule has 4 heteroatoms. The Kier molecular flexibility index (Phi) is 4.32. The van der Waals surface area contributed by atoms with Gasteiger partial charge in [-0.25, -0.2) is 0 Å². The van der Waals surface area contributed by atoms with Crippen LogP contribution in [0.15, 0.2) is 24.3 Å². The van der Waals surface area contributed by atoms with Crippen molar-refractivity contribution in [3.63, 3.8) is 0 Å². The summed E-state index contributed by atoms with van der Waals surface area (Å²) in [6, 6.07) is 9.23. The zero-order chi connectivity index (χ0) is 11.3. The molecule has 0 aliphatic rings. The first-order valence-electron chi connectivity index (χ1n) is 4.54. The van der Waals surface area contributed by atoms with Gasteiger partial charge in [0.1, 0.15) is 0 Å². The molecule has 1 aromatic rings. The third-order valence-electron chi connectivity index (χ3n) is 1.88. The minimum absolute atomic E-state index is 0.0580. The van der Waals surface area contributed by atoms with E-state index in [-0.39, 0.29) is 10.7 Å². The molecule has 15 heavy (non-hydrogen) atoms. The average molecular weight is 267 g/mol. The first-order chi connectivity index (χ1) is 7.13. The summed E-state index contributed by atoms with van der Waals surface area (Å²) in [5.41, 5.74) is 1.53. The van der Waals surface area contributed by atoms with Gasteiger partial charge < -0.3 is 5.32 Å². The third-order valence-corrected chi connectivity index (χ3v) is 2.30. The Labute approximate surface area is 97.2 Å². The Morgan fingerprint density at radius 2 is 2.40 bits per heavy atom. The first kappa shape index (κ1) is 11.7. The SMILES string of the molecule is CC(Br)C(=O)NCc1cccc(C#N)c1. The molecule has 1 unspecified atom stereocenters. The number of hydrogen-bond donors (Lipinski definition) is 1. The van der Waals surface area contributed by atoms with Crippen LogP contribution >= 0.6 is 15.9 Å². The maximum Gasteiger partial charge on any atom is 0.233 e. The Bertz CT molecular complexity index is 396. The summed E-state index contributed by atoms with van der Waals surface area (Å²) in [5, 5.41) is 11.4. The van der Waals surface area contributed by atoms with E-state index in [1.54, 1.807) is 25.1 Å². The summed E-state index contributed by atoms with van der Waals surface area (Å²) in [6.07, 6.45) is 0. The van der Waals surface area contributed by atoms with E-state index in [0.717, 1.165) is 5.56 Å². The third kappa shape index (κ3) is 3.72. The van der Waals surface area contributed by atoms with E-state index < -0.39 is 0 Å². The molecule has 1 aromatic carbocycles. The molecular formula is C11H11BrN2O. The topological polar surface area (TPSA) is 52.9 Å². The predicted octanol–water partition coefficient (Wildman–Crippen LogP) is 1.96. The van der Waals surface area contributed by atoms with Crippen LogP contribution in [0, 0.1) is 11.3 Å². The molecule has 78 valence electrons. The molecule has 0 aromatic heterocycles. The van der Waals surface area contributed by atoms with Crippen LogP contribution in [-0.4, -0.2) is 10.7 Å². The molecule has 1 rings (SSSR count). The zero-order valence-corrected chi connectivity index (χ0v) is 9.91. The van der Waals surface area contributed by atoms with Crippen molar-refractivity contribution in [3.05, 3.63) is 35.4 Å². The average Bonchev–Trinajstić information content (AvgIpc) is 2.26. The standard InChI is InChI=1S/C11H11BrN2O/c1-8(12)11(15)14-7-10-4-2-3-9(5-10)6-13/h2-5,8H,7H2,1H3,(H,14,15). The van der Waals surface area contributed by atoms with E-state index in [1.807, 2.05) is 6.07 Å². The van der Waals surface area contributed by atoms with Gasteiger partial charge in [0.25, 0.3) is 0 Å². The Morgan fingerprint density at radius 3 is 3.00 bits per heavy atom. The molecule has 1 N–H and O–H groups in total. The van der Waals surface area contributed by atoms with Crippen molar-refractivity contribution in [2.75, 3.05) is 0 Å². The van der Waals surface area contributed by atoms with E-state index in [9.17, 15) is 4.79 Å². The summed E-state index contributed by atoms with van der Waals surface area (Å²) >= 11 is 3.18. The van der Waals surface area contributed by atoms with Crippen LogP contribution < -0.4 is 5.32 Å².